The van der Waals surface area contributed by atoms with Gasteiger partial charge in [0.05, 0.1) is 0 Å². The van der Waals surface area contributed by atoms with Gasteiger partial charge in [-0.25, -0.2) is 0 Å². The van der Waals surface area contributed by atoms with E-state index in [1.54, 1.807) is 0 Å². The normalized spacial score (nSPS) is 19.9. The van der Waals surface area contributed by atoms with Crippen molar-refractivity contribution in [1.29, 1.82) is 0 Å². The van der Waals surface area contributed by atoms with Gasteiger partial charge in [-0.05, 0) is 68.5 Å². The van der Waals surface area contributed by atoms with Gasteiger partial charge in [0.25, 0.3) is 0 Å². The fourth-order valence-electron chi connectivity index (χ4n) is 3.99. The molecule has 1 atom stereocenters. The van der Waals surface area contributed by atoms with Crippen LogP contribution in [-0.2, 0) is 17.6 Å². The molecule has 1 N–H and O–H groups in total. The van der Waals surface area contributed by atoms with E-state index in [9.17, 15) is 4.79 Å². The Bertz CT molecular complexity index is 907. The number of thioether (sulfide) groups is 1. The van der Waals surface area contributed by atoms with Gasteiger partial charge in [-0.1, -0.05) is 17.7 Å². The van der Waals surface area contributed by atoms with E-state index >= 15 is 0 Å². The van der Waals surface area contributed by atoms with E-state index in [1.807, 2.05) is 23.9 Å². The zero-order valence-corrected chi connectivity index (χ0v) is 17.1. The molecule has 2 aromatic carbocycles. The van der Waals surface area contributed by atoms with Gasteiger partial charge in [0, 0.05) is 39.1 Å². The third kappa shape index (κ3) is 3.97. The molecule has 2 heterocycles. The number of ether oxygens (including phenoxy) is 1. The average Bonchev–Trinajstić information content (AvgIpc) is 2.92. The van der Waals surface area contributed by atoms with Crippen LogP contribution in [0, 0.1) is 0 Å². The Morgan fingerprint density at radius 2 is 2.11 bits per heavy atom. The lowest BCUT2D eigenvalue weighted by Crippen LogP contribution is -2.24. The SMILES string of the molecule is CC1(C)Cc2cc(Cl)cc(-c3ccc4c(c3)CCC(CCC(=O)O)S4)c2O1. The number of aryl methyl sites for hydroxylation is 1. The summed E-state index contributed by atoms with van der Waals surface area (Å²) in [6, 6.07) is 10.5. The summed E-state index contributed by atoms with van der Waals surface area (Å²) in [5.41, 5.74) is 4.49. The van der Waals surface area contributed by atoms with E-state index in [0.29, 0.717) is 5.25 Å². The fourth-order valence-corrected chi connectivity index (χ4v) is 5.52. The second-order valence-corrected chi connectivity index (χ2v) is 9.79. The summed E-state index contributed by atoms with van der Waals surface area (Å²) >= 11 is 8.20. The fraction of sp³-hybridized carbons (Fsp3) is 0.409. The molecule has 142 valence electrons. The van der Waals surface area contributed by atoms with Gasteiger partial charge < -0.3 is 9.84 Å². The van der Waals surface area contributed by atoms with E-state index in [4.69, 9.17) is 21.4 Å². The van der Waals surface area contributed by atoms with Crippen molar-refractivity contribution in [2.75, 3.05) is 0 Å². The van der Waals surface area contributed by atoms with Crippen LogP contribution in [0.15, 0.2) is 35.2 Å². The average molecular weight is 403 g/mol. The van der Waals surface area contributed by atoms with Crippen LogP contribution >= 0.6 is 23.4 Å². The minimum absolute atomic E-state index is 0.205. The van der Waals surface area contributed by atoms with Gasteiger partial charge in [0.15, 0.2) is 0 Å². The molecule has 0 spiro atoms. The van der Waals surface area contributed by atoms with Crippen LogP contribution in [0.2, 0.25) is 5.02 Å². The lowest BCUT2D eigenvalue weighted by Gasteiger charge is -2.24. The number of aliphatic carboxylic acids is 1. The molecule has 0 aromatic heterocycles. The standard InChI is InChI=1S/C22H23ClO3S/c1-22(2)12-15-10-16(23)11-18(21(15)26-22)13-4-7-19-14(9-13)3-5-17(27-19)6-8-20(24)25/h4,7,9-11,17H,3,5-6,8,12H2,1-2H3,(H,24,25). The third-order valence-corrected chi connectivity index (χ3v) is 6.88. The maximum Gasteiger partial charge on any atom is 0.303 e. The van der Waals surface area contributed by atoms with Crippen molar-refractivity contribution in [3.8, 4) is 16.9 Å². The summed E-state index contributed by atoms with van der Waals surface area (Å²) in [7, 11) is 0. The summed E-state index contributed by atoms with van der Waals surface area (Å²) < 4.78 is 6.23. The zero-order chi connectivity index (χ0) is 19.2. The largest absolute Gasteiger partial charge is 0.487 e. The van der Waals surface area contributed by atoms with Crippen molar-refractivity contribution in [2.24, 2.45) is 0 Å². The second kappa shape index (κ2) is 7.06. The summed E-state index contributed by atoms with van der Waals surface area (Å²) in [5.74, 6) is 0.238. The minimum Gasteiger partial charge on any atom is -0.487 e. The number of rotatable bonds is 4. The summed E-state index contributed by atoms with van der Waals surface area (Å²) in [5, 5.41) is 10.0. The van der Waals surface area contributed by atoms with E-state index in [2.05, 4.69) is 32.0 Å². The lowest BCUT2D eigenvalue weighted by atomic mass is 9.95. The van der Waals surface area contributed by atoms with E-state index < -0.39 is 5.97 Å². The third-order valence-electron chi connectivity index (χ3n) is 5.21. The number of carboxylic acids is 1. The number of carbonyl (C=O) groups is 1. The van der Waals surface area contributed by atoms with Crippen molar-refractivity contribution >= 4 is 29.3 Å². The predicted molar refractivity (Wildman–Crippen MR) is 110 cm³/mol. The van der Waals surface area contributed by atoms with E-state index in [1.165, 1.54) is 16.0 Å². The summed E-state index contributed by atoms with van der Waals surface area (Å²) in [6.07, 6.45) is 3.84. The van der Waals surface area contributed by atoms with Gasteiger partial charge >= 0.3 is 5.97 Å². The molecule has 3 nitrogen and oxygen atoms in total. The molecule has 2 aliphatic rings. The highest BCUT2D eigenvalue weighted by atomic mass is 35.5. The topological polar surface area (TPSA) is 46.5 Å². The molecule has 0 bridgehead atoms. The highest BCUT2D eigenvalue weighted by Gasteiger charge is 2.32. The number of carboxylic acid groups (broad SMARTS) is 1. The molecule has 27 heavy (non-hydrogen) atoms. The highest BCUT2D eigenvalue weighted by Crippen LogP contribution is 2.46. The number of hydrogen-bond donors (Lipinski definition) is 1. The Kier molecular flexibility index (Phi) is 4.89. The molecule has 0 saturated heterocycles. The molecule has 2 aromatic rings. The minimum atomic E-state index is -0.713. The Hall–Kier alpha value is -1.65. The molecule has 0 aliphatic carbocycles. The van der Waals surface area contributed by atoms with Crippen LogP contribution in [0.4, 0.5) is 0 Å². The first-order valence-electron chi connectivity index (χ1n) is 9.34. The lowest BCUT2D eigenvalue weighted by molar-refractivity contribution is -0.137. The molecule has 4 rings (SSSR count). The number of fused-ring (bicyclic) bond motifs is 2. The Balaban J connectivity index is 1.62. The van der Waals surface area contributed by atoms with Crippen molar-refractivity contribution in [1.82, 2.24) is 0 Å². The smallest absolute Gasteiger partial charge is 0.303 e. The Labute approximate surface area is 169 Å². The molecule has 0 fully saturated rings. The first kappa shape index (κ1) is 18.7. The van der Waals surface area contributed by atoms with Crippen LogP contribution in [0.25, 0.3) is 11.1 Å². The predicted octanol–water partition coefficient (Wildman–Crippen LogP) is 5.99. The highest BCUT2D eigenvalue weighted by molar-refractivity contribution is 8.00. The molecule has 0 amide bonds. The number of benzene rings is 2. The molecule has 5 heteroatoms. The summed E-state index contributed by atoms with van der Waals surface area (Å²) in [6.45, 7) is 4.21. The maximum atomic E-state index is 10.8. The van der Waals surface area contributed by atoms with E-state index in [0.717, 1.165) is 47.6 Å². The molecule has 0 radical (unpaired) electrons. The summed E-state index contributed by atoms with van der Waals surface area (Å²) in [4.78, 5) is 12.1. The van der Waals surface area contributed by atoms with Crippen molar-refractivity contribution in [3.05, 3.63) is 46.5 Å². The van der Waals surface area contributed by atoms with Crippen LogP contribution in [-0.4, -0.2) is 21.9 Å². The first-order chi connectivity index (χ1) is 12.8. The van der Waals surface area contributed by atoms with Crippen LogP contribution in [0.5, 0.6) is 5.75 Å². The van der Waals surface area contributed by atoms with Gasteiger partial charge in [-0.2, -0.15) is 0 Å². The number of hydrogen-bond acceptors (Lipinski definition) is 3. The Morgan fingerprint density at radius 1 is 1.30 bits per heavy atom. The monoisotopic (exact) mass is 402 g/mol. The van der Waals surface area contributed by atoms with Gasteiger partial charge in [-0.15, -0.1) is 11.8 Å². The Morgan fingerprint density at radius 3 is 2.89 bits per heavy atom. The zero-order valence-electron chi connectivity index (χ0n) is 15.5. The molecule has 2 aliphatic heterocycles. The van der Waals surface area contributed by atoms with Gasteiger partial charge in [0.1, 0.15) is 11.4 Å². The van der Waals surface area contributed by atoms with Crippen LogP contribution < -0.4 is 4.74 Å². The van der Waals surface area contributed by atoms with Crippen molar-refractivity contribution < 1.29 is 14.6 Å². The van der Waals surface area contributed by atoms with Crippen molar-refractivity contribution in [3.63, 3.8) is 0 Å². The van der Waals surface area contributed by atoms with Crippen LogP contribution in [0.3, 0.4) is 0 Å². The molecule has 1 unspecified atom stereocenters. The van der Waals surface area contributed by atoms with Crippen molar-refractivity contribution in [2.45, 2.75) is 61.7 Å². The van der Waals surface area contributed by atoms with Gasteiger partial charge in [-0.3, -0.25) is 4.79 Å². The second-order valence-electron chi connectivity index (χ2n) is 8.01. The molecule has 0 saturated carbocycles. The molecular weight excluding hydrogens is 380 g/mol. The first-order valence-corrected chi connectivity index (χ1v) is 10.6. The van der Waals surface area contributed by atoms with Crippen LogP contribution in [0.1, 0.15) is 44.2 Å². The maximum absolute atomic E-state index is 10.8. The van der Waals surface area contributed by atoms with Gasteiger partial charge in [0.2, 0.25) is 0 Å². The quantitative estimate of drug-likeness (QED) is 0.682. The molecular formula is C22H23ClO3S. The van der Waals surface area contributed by atoms with E-state index in [-0.39, 0.29) is 12.0 Å². The number of halogens is 1.